The molecule has 1 unspecified atom stereocenters. The van der Waals surface area contributed by atoms with Crippen LogP contribution in [0.25, 0.3) is 10.2 Å². The van der Waals surface area contributed by atoms with E-state index in [1.807, 2.05) is 24.3 Å². The molecule has 0 aliphatic carbocycles. The molecule has 2 heterocycles. The highest BCUT2D eigenvalue weighted by molar-refractivity contribution is 7.22. The van der Waals surface area contributed by atoms with Gasteiger partial charge in [0.05, 0.1) is 17.3 Å². The molecular formula is C21H20N4O4S. The van der Waals surface area contributed by atoms with E-state index in [1.165, 1.54) is 16.2 Å². The predicted octanol–water partition coefficient (Wildman–Crippen LogP) is 2.73. The van der Waals surface area contributed by atoms with Crippen LogP contribution in [0.5, 0.6) is 5.75 Å². The van der Waals surface area contributed by atoms with Gasteiger partial charge in [0.2, 0.25) is 5.91 Å². The van der Waals surface area contributed by atoms with Crippen LogP contribution in [0.1, 0.15) is 12.5 Å². The number of thiazole rings is 1. The molecular weight excluding hydrogens is 404 g/mol. The Labute approximate surface area is 177 Å². The Kier molecular flexibility index (Phi) is 4.90. The first-order chi connectivity index (χ1) is 14.3. The number of aromatic nitrogens is 1. The van der Waals surface area contributed by atoms with E-state index in [4.69, 9.17) is 4.74 Å². The van der Waals surface area contributed by atoms with Gasteiger partial charge in [0.1, 0.15) is 17.8 Å². The van der Waals surface area contributed by atoms with E-state index in [0.717, 1.165) is 15.1 Å². The number of carbonyl (C=O) groups is 3. The van der Waals surface area contributed by atoms with Gasteiger partial charge in [-0.05, 0) is 36.8 Å². The predicted molar refractivity (Wildman–Crippen MR) is 114 cm³/mol. The molecule has 0 bridgehead atoms. The summed E-state index contributed by atoms with van der Waals surface area (Å²) < 4.78 is 6.09. The number of ether oxygens (including phenoxy) is 1. The third-order valence-electron chi connectivity index (χ3n) is 5.18. The topological polar surface area (TPSA) is 91.8 Å². The molecule has 1 aliphatic rings. The highest BCUT2D eigenvalue weighted by Crippen LogP contribution is 2.31. The van der Waals surface area contributed by atoms with Gasteiger partial charge >= 0.3 is 6.03 Å². The fourth-order valence-corrected chi connectivity index (χ4v) is 4.26. The number of nitrogens with one attached hydrogen (secondary N) is 1. The third kappa shape index (κ3) is 3.26. The highest BCUT2D eigenvalue weighted by atomic mass is 32.1. The van der Waals surface area contributed by atoms with Gasteiger partial charge < -0.3 is 10.1 Å². The van der Waals surface area contributed by atoms with Crippen molar-refractivity contribution in [3.05, 3.63) is 54.1 Å². The number of nitrogens with zero attached hydrogens (tertiary/aromatic N) is 3. The van der Waals surface area contributed by atoms with E-state index < -0.39 is 23.4 Å². The minimum absolute atomic E-state index is 0.372. The van der Waals surface area contributed by atoms with Gasteiger partial charge in [0.15, 0.2) is 5.13 Å². The van der Waals surface area contributed by atoms with Crippen molar-refractivity contribution in [2.75, 3.05) is 25.6 Å². The number of hydrogen-bond donors (Lipinski definition) is 1. The summed E-state index contributed by atoms with van der Waals surface area (Å²) in [5.74, 6) is -0.246. The SMILES string of the molecule is COc1ccc(C2(C)NC(=O)N(CC(=O)N(C)c3nc4ccccc4s3)C2=O)cc1. The van der Waals surface area contributed by atoms with Crippen molar-refractivity contribution in [1.82, 2.24) is 15.2 Å². The van der Waals surface area contributed by atoms with Crippen molar-refractivity contribution in [3.8, 4) is 5.75 Å². The van der Waals surface area contributed by atoms with Gasteiger partial charge in [0.25, 0.3) is 5.91 Å². The van der Waals surface area contributed by atoms with E-state index in [9.17, 15) is 14.4 Å². The monoisotopic (exact) mass is 424 g/mol. The number of hydrogen-bond acceptors (Lipinski definition) is 6. The van der Waals surface area contributed by atoms with Gasteiger partial charge in [-0.2, -0.15) is 0 Å². The molecule has 0 saturated carbocycles. The lowest BCUT2D eigenvalue weighted by Crippen LogP contribution is -2.43. The zero-order valence-corrected chi connectivity index (χ0v) is 17.5. The number of methoxy groups -OCH3 is 1. The molecule has 1 atom stereocenters. The summed E-state index contributed by atoms with van der Waals surface area (Å²) in [6, 6.07) is 13.8. The lowest BCUT2D eigenvalue weighted by atomic mass is 9.92. The van der Waals surface area contributed by atoms with Crippen molar-refractivity contribution in [3.63, 3.8) is 0 Å². The molecule has 0 radical (unpaired) electrons. The average molecular weight is 424 g/mol. The molecule has 1 aliphatic heterocycles. The minimum atomic E-state index is -1.25. The van der Waals surface area contributed by atoms with Gasteiger partial charge in [-0.25, -0.2) is 9.78 Å². The maximum Gasteiger partial charge on any atom is 0.325 e. The number of para-hydroxylation sites is 1. The second kappa shape index (κ2) is 7.42. The summed E-state index contributed by atoms with van der Waals surface area (Å²) in [4.78, 5) is 45.1. The van der Waals surface area contributed by atoms with Gasteiger partial charge in [-0.1, -0.05) is 35.6 Å². The normalized spacial score (nSPS) is 18.6. The molecule has 8 nitrogen and oxygen atoms in total. The standard InChI is InChI=1S/C21H20N4O4S/c1-21(13-8-10-14(29-3)11-9-13)18(27)25(19(28)23-21)12-17(26)24(2)20-22-15-6-4-5-7-16(15)30-20/h4-11H,12H2,1-3H3,(H,23,28). The van der Waals surface area contributed by atoms with Crippen LogP contribution in [0.15, 0.2) is 48.5 Å². The first kappa shape index (κ1) is 19.8. The molecule has 30 heavy (non-hydrogen) atoms. The minimum Gasteiger partial charge on any atom is -0.497 e. The summed E-state index contributed by atoms with van der Waals surface area (Å²) in [7, 11) is 3.13. The molecule has 9 heteroatoms. The van der Waals surface area contributed by atoms with Crippen LogP contribution in [0, 0.1) is 0 Å². The van der Waals surface area contributed by atoms with Gasteiger partial charge in [0, 0.05) is 7.05 Å². The van der Waals surface area contributed by atoms with Crippen LogP contribution in [0.2, 0.25) is 0 Å². The Hall–Kier alpha value is -3.46. The summed E-state index contributed by atoms with van der Waals surface area (Å²) in [5.41, 5.74) is 0.147. The average Bonchev–Trinajstić information content (AvgIpc) is 3.28. The molecule has 1 fully saturated rings. The van der Waals surface area contributed by atoms with Crippen LogP contribution in [-0.4, -0.2) is 48.4 Å². The van der Waals surface area contributed by atoms with Crippen LogP contribution in [0.4, 0.5) is 9.93 Å². The first-order valence-corrected chi connectivity index (χ1v) is 10.1. The summed E-state index contributed by atoms with van der Waals surface area (Å²) in [5, 5.41) is 3.21. The molecule has 1 saturated heterocycles. The second-order valence-electron chi connectivity index (χ2n) is 7.09. The Bertz CT molecular complexity index is 1110. The summed E-state index contributed by atoms with van der Waals surface area (Å²) >= 11 is 1.37. The van der Waals surface area contributed by atoms with Gasteiger partial charge in [-0.15, -0.1) is 0 Å². The lowest BCUT2D eigenvalue weighted by molar-refractivity contribution is -0.134. The van der Waals surface area contributed by atoms with E-state index in [1.54, 1.807) is 45.3 Å². The Morgan fingerprint density at radius 3 is 2.57 bits per heavy atom. The quantitative estimate of drug-likeness (QED) is 0.636. The Morgan fingerprint density at radius 2 is 1.90 bits per heavy atom. The fraction of sp³-hybridized carbons (Fsp3) is 0.238. The van der Waals surface area contributed by atoms with Crippen molar-refractivity contribution in [2.24, 2.45) is 0 Å². The van der Waals surface area contributed by atoms with Crippen LogP contribution in [-0.2, 0) is 15.1 Å². The number of imide groups is 1. The van der Waals surface area contributed by atoms with E-state index >= 15 is 0 Å². The summed E-state index contributed by atoms with van der Waals surface area (Å²) in [6.45, 7) is 1.25. The van der Waals surface area contributed by atoms with Gasteiger partial charge in [-0.3, -0.25) is 19.4 Å². The zero-order chi connectivity index (χ0) is 21.5. The number of amides is 4. The maximum atomic E-state index is 13.1. The fourth-order valence-electron chi connectivity index (χ4n) is 3.31. The smallest absolute Gasteiger partial charge is 0.325 e. The number of likely N-dealkylation sites (N-methyl/N-ethyl adjacent to an activating group) is 1. The molecule has 3 aromatic rings. The molecule has 154 valence electrons. The molecule has 4 rings (SSSR count). The maximum absolute atomic E-state index is 13.1. The first-order valence-electron chi connectivity index (χ1n) is 9.24. The molecule has 0 spiro atoms. The number of anilines is 1. The van der Waals surface area contributed by atoms with Crippen LogP contribution in [0.3, 0.4) is 0 Å². The van der Waals surface area contributed by atoms with Crippen molar-refractivity contribution in [1.29, 1.82) is 0 Å². The third-order valence-corrected chi connectivity index (χ3v) is 6.29. The van der Waals surface area contributed by atoms with E-state index in [2.05, 4.69) is 10.3 Å². The highest BCUT2D eigenvalue weighted by Gasteiger charge is 2.49. The number of urea groups is 1. The van der Waals surface area contributed by atoms with Crippen molar-refractivity contribution >= 4 is 44.5 Å². The molecule has 1 N–H and O–H groups in total. The van der Waals surface area contributed by atoms with Crippen molar-refractivity contribution in [2.45, 2.75) is 12.5 Å². The van der Waals surface area contributed by atoms with E-state index in [-0.39, 0.29) is 6.54 Å². The van der Waals surface area contributed by atoms with Crippen LogP contribution >= 0.6 is 11.3 Å². The number of rotatable bonds is 5. The second-order valence-corrected chi connectivity index (χ2v) is 8.10. The summed E-state index contributed by atoms with van der Waals surface area (Å²) in [6.07, 6.45) is 0. The zero-order valence-electron chi connectivity index (χ0n) is 16.7. The van der Waals surface area contributed by atoms with E-state index in [0.29, 0.717) is 16.4 Å². The Balaban J connectivity index is 1.52. The number of benzene rings is 2. The van der Waals surface area contributed by atoms with Crippen molar-refractivity contribution < 1.29 is 19.1 Å². The number of fused-ring (bicyclic) bond motifs is 1. The largest absolute Gasteiger partial charge is 0.497 e. The number of carbonyl (C=O) groups excluding carboxylic acids is 3. The molecule has 2 aromatic carbocycles. The lowest BCUT2D eigenvalue weighted by Gasteiger charge is -2.23. The molecule has 1 aromatic heterocycles. The Morgan fingerprint density at radius 1 is 1.20 bits per heavy atom. The van der Waals surface area contributed by atoms with Crippen LogP contribution < -0.4 is 15.0 Å². The molecule has 4 amide bonds.